The second-order valence-electron chi connectivity index (χ2n) is 12.9. The van der Waals surface area contributed by atoms with Crippen LogP contribution in [0.2, 0.25) is 0 Å². The average molecular weight is 669 g/mol. The second-order valence-corrected chi connectivity index (χ2v) is 12.9. The van der Waals surface area contributed by atoms with Crippen molar-refractivity contribution in [3.63, 3.8) is 0 Å². The molecule has 0 aromatic carbocycles. The predicted octanol–water partition coefficient (Wildman–Crippen LogP) is 4.79. The van der Waals surface area contributed by atoms with Crippen LogP contribution in [0.5, 0.6) is 0 Å². The first-order valence-electron chi connectivity index (χ1n) is 18.0. The smallest absolute Gasteiger partial charge is 0.306 e. The number of nitrogens with two attached hydrogens (primary N) is 2. The lowest BCUT2D eigenvalue weighted by Crippen LogP contribution is -2.41. The van der Waals surface area contributed by atoms with Crippen LogP contribution in [0.25, 0.3) is 0 Å². The van der Waals surface area contributed by atoms with Gasteiger partial charge >= 0.3 is 11.9 Å². The first-order chi connectivity index (χ1) is 22.4. The molecule has 0 spiro atoms. The summed E-state index contributed by atoms with van der Waals surface area (Å²) >= 11 is 0. The summed E-state index contributed by atoms with van der Waals surface area (Å²) in [6.45, 7) is 2.33. The Morgan fingerprint density at radius 2 is 1.02 bits per heavy atom. The van der Waals surface area contributed by atoms with Gasteiger partial charge in [-0.05, 0) is 64.7 Å². The minimum absolute atomic E-state index is 0.0359. The molecule has 0 saturated heterocycles. The zero-order valence-electron chi connectivity index (χ0n) is 28.9. The molecule has 0 bridgehead atoms. The lowest BCUT2D eigenvalue weighted by atomic mass is 9.94. The minimum atomic E-state index is -1.06. The van der Waals surface area contributed by atoms with Gasteiger partial charge in [0.2, 0.25) is 11.8 Å². The Morgan fingerprint density at radius 1 is 0.553 bits per heavy atom. The van der Waals surface area contributed by atoms with E-state index >= 15 is 0 Å². The van der Waals surface area contributed by atoms with E-state index in [1.54, 1.807) is 0 Å². The minimum Gasteiger partial charge on any atom is -0.481 e. The number of amides is 2. The molecule has 8 N–H and O–H groups in total. The number of carboxylic acid groups (broad SMARTS) is 2. The molecule has 0 aliphatic rings. The summed E-state index contributed by atoms with van der Waals surface area (Å²) in [4.78, 5) is 70.0. The summed E-state index contributed by atoms with van der Waals surface area (Å²) in [5.74, 6) is -3.25. The van der Waals surface area contributed by atoms with E-state index in [2.05, 4.69) is 10.6 Å². The Bertz CT molecular complexity index is 914. The molecule has 0 heterocycles. The quantitative estimate of drug-likeness (QED) is 0.0525. The molecule has 3 atom stereocenters. The third-order valence-corrected chi connectivity index (χ3v) is 8.50. The maximum atomic E-state index is 12.4. The first-order valence-corrected chi connectivity index (χ1v) is 18.0. The van der Waals surface area contributed by atoms with Gasteiger partial charge in [0.05, 0.1) is 18.0 Å². The van der Waals surface area contributed by atoms with Crippen LogP contribution in [0.1, 0.15) is 155 Å². The molecule has 12 nitrogen and oxygen atoms in total. The molecule has 272 valence electrons. The first kappa shape index (κ1) is 44.1. The van der Waals surface area contributed by atoms with Crippen LogP contribution in [-0.4, -0.2) is 70.7 Å². The second kappa shape index (κ2) is 29.3. The Morgan fingerprint density at radius 3 is 1.51 bits per heavy atom. The topological polar surface area (TPSA) is 219 Å². The van der Waals surface area contributed by atoms with Crippen molar-refractivity contribution in [3.8, 4) is 0 Å². The summed E-state index contributed by atoms with van der Waals surface area (Å²) in [5, 5.41) is 23.7. The van der Waals surface area contributed by atoms with Gasteiger partial charge in [-0.25, -0.2) is 0 Å². The van der Waals surface area contributed by atoms with E-state index in [9.17, 15) is 33.9 Å². The Kier molecular flexibility index (Phi) is 27.5. The summed E-state index contributed by atoms with van der Waals surface area (Å²) in [6, 6.07) is -1.10. The van der Waals surface area contributed by atoms with E-state index in [1.807, 2.05) is 0 Å². The van der Waals surface area contributed by atoms with Gasteiger partial charge in [-0.3, -0.25) is 28.8 Å². The molecule has 12 heteroatoms. The van der Waals surface area contributed by atoms with Crippen LogP contribution in [-0.2, 0) is 28.8 Å². The van der Waals surface area contributed by atoms with E-state index < -0.39 is 29.9 Å². The number of hydrogen-bond acceptors (Lipinski definition) is 8. The van der Waals surface area contributed by atoms with Crippen LogP contribution >= 0.6 is 0 Å². The van der Waals surface area contributed by atoms with Crippen molar-refractivity contribution < 1.29 is 39.0 Å². The number of carbonyl (C=O) groups excluding carboxylic acids is 4. The molecule has 0 unspecified atom stereocenters. The Labute approximate surface area is 281 Å². The molecule has 0 radical (unpaired) electrons. The van der Waals surface area contributed by atoms with Crippen LogP contribution in [0, 0.1) is 5.92 Å². The maximum Gasteiger partial charge on any atom is 0.306 e. The fourth-order valence-corrected chi connectivity index (χ4v) is 5.33. The van der Waals surface area contributed by atoms with Gasteiger partial charge in [0.15, 0.2) is 0 Å². The number of Topliss-reactive ketones (excluding diaryl/α,β-unsaturated/α-hetero) is 2. The number of carbonyl (C=O) groups is 6. The molecule has 0 saturated carbocycles. The summed E-state index contributed by atoms with van der Waals surface area (Å²) < 4.78 is 0. The molecule has 0 aliphatic heterocycles. The summed E-state index contributed by atoms with van der Waals surface area (Å²) in [7, 11) is 0. The molecule has 2 amide bonds. The van der Waals surface area contributed by atoms with E-state index in [1.165, 1.54) is 32.6 Å². The zero-order valence-corrected chi connectivity index (χ0v) is 28.9. The highest BCUT2D eigenvalue weighted by molar-refractivity contribution is 5.84. The highest BCUT2D eigenvalue weighted by Crippen LogP contribution is 2.17. The van der Waals surface area contributed by atoms with E-state index in [0.29, 0.717) is 51.6 Å². The number of aliphatic carboxylic acids is 2. The van der Waals surface area contributed by atoms with E-state index in [-0.39, 0.29) is 49.1 Å². The lowest BCUT2D eigenvalue weighted by molar-refractivity contribution is -0.144. The van der Waals surface area contributed by atoms with Gasteiger partial charge in [0, 0.05) is 38.8 Å². The molecule has 47 heavy (non-hydrogen) atoms. The molecular formula is C35H64N4O8. The van der Waals surface area contributed by atoms with Gasteiger partial charge < -0.3 is 32.3 Å². The van der Waals surface area contributed by atoms with Crippen molar-refractivity contribution in [2.75, 3.05) is 13.1 Å². The van der Waals surface area contributed by atoms with Gasteiger partial charge in [-0.2, -0.15) is 0 Å². The number of hydrogen-bond donors (Lipinski definition) is 6. The third kappa shape index (κ3) is 27.9. The SMILES string of the molecule is CC(=O)[C@@H](N)CCCCNC(=O)[C@@H](N)CCCCNC(=O)CC[C@H](CC(=O)CCCCCCCCCCCCCCC(=O)O)C(=O)O. The van der Waals surface area contributed by atoms with Crippen LogP contribution in [0.4, 0.5) is 0 Å². The normalized spacial score (nSPS) is 13.0. The van der Waals surface area contributed by atoms with E-state index in [0.717, 1.165) is 57.8 Å². The number of nitrogens with one attached hydrogen (secondary N) is 2. The van der Waals surface area contributed by atoms with Gasteiger partial charge in [-0.15, -0.1) is 0 Å². The standard InChI is InChI=1S/C35H64N4O8/c1-27(40)30(36)19-14-17-25-39-34(45)31(37)20-15-16-24-38-32(42)23-22-28(35(46)47)26-29(41)18-12-10-8-6-4-2-3-5-7-9-11-13-21-33(43)44/h28,30-31H,2-26,36-37H2,1H3,(H,38,42)(H,39,45)(H,43,44)(H,46,47)/t28-,30+,31+/m1/s1. The van der Waals surface area contributed by atoms with Gasteiger partial charge in [0.25, 0.3) is 0 Å². The average Bonchev–Trinajstić information content (AvgIpc) is 3.02. The monoisotopic (exact) mass is 668 g/mol. The third-order valence-electron chi connectivity index (χ3n) is 8.50. The zero-order chi connectivity index (χ0) is 35.3. The van der Waals surface area contributed by atoms with Crippen molar-refractivity contribution in [2.45, 2.75) is 167 Å². The molecule has 0 rings (SSSR count). The number of unbranched alkanes of at least 4 members (excludes halogenated alkanes) is 13. The maximum absolute atomic E-state index is 12.4. The fourth-order valence-electron chi connectivity index (χ4n) is 5.33. The molecule has 0 aromatic rings. The Balaban J connectivity index is 3.85. The number of rotatable bonds is 33. The van der Waals surface area contributed by atoms with Crippen LogP contribution in [0.3, 0.4) is 0 Å². The van der Waals surface area contributed by atoms with Gasteiger partial charge in [0.1, 0.15) is 11.6 Å². The molecular weight excluding hydrogens is 604 g/mol. The largest absolute Gasteiger partial charge is 0.481 e. The number of carboxylic acids is 2. The van der Waals surface area contributed by atoms with Crippen LogP contribution in [0.15, 0.2) is 0 Å². The fraction of sp³-hybridized carbons (Fsp3) is 0.829. The van der Waals surface area contributed by atoms with Crippen molar-refractivity contribution >= 4 is 35.3 Å². The predicted molar refractivity (Wildman–Crippen MR) is 183 cm³/mol. The molecule has 0 aromatic heterocycles. The molecule has 0 aliphatic carbocycles. The summed E-state index contributed by atoms with van der Waals surface area (Å²) in [5.41, 5.74) is 11.6. The van der Waals surface area contributed by atoms with Crippen molar-refractivity contribution in [3.05, 3.63) is 0 Å². The van der Waals surface area contributed by atoms with Crippen molar-refractivity contribution in [1.29, 1.82) is 0 Å². The van der Waals surface area contributed by atoms with Crippen molar-refractivity contribution in [2.24, 2.45) is 17.4 Å². The highest BCUT2D eigenvalue weighted by atomic mass is 16.4. The lowest BCUT2D eigenvalue weighted by Gasteiger charge is -2.13. The van der Waals surface area contributed by atoms with Crippen molar-refractivity contribution in [1.82, 2.24) is 10.6 Å². The number of ketones is 2. The Hall–Kier alpha value is -2.86. The molecule has 0 fully saturated rings. The summed E-state index contributed by atoms with van der Waals surface area (Å²) in [6.07, 6.45) is 17.2. The highest BCUT2D eigenvalue weighted by Gasteiger charge is 2.22. The van der Waals surface area contributed by atoms with E-state index in [4.69, 9.17) is 16.6 Å². The van der Waals surface area contributed by atoms with Crippen LogP contribution < -0.4 is 22.1 Å². The van der Waals surface area contributed by atoms with Gasteiger partial charge in [-0.1, -0.05) is 64.2 Å².